The molecule has 1 aliphatic rings. The van der Waals surface area contributed by atoms with Crippen LogP contribution in [0.15, 0.2) is 41.3 Å². The maximum Gasteiger partial charge on any atom is 0.311 e. The minimum atomic E-state index is -3.74. The quantitative estimate of drug-likeness (QED) is 0.553. The van der Waals surface area contributed by atoms with Crippen LogP contribution in [-0.2, 0) is 9.84 Å². The van der Waals surface area contributed by atoms with Gasteiger partial charge in [-0.3, -0.25) is 10.1 Å². The normalized spacial score (nSPS) is 14.8. The maximum absolute atomic E-state index is 13.4. The molecule has 8 nitrogen and oxygen atoms in total. The van der Waals surface area contributed by atoms with Crippen molar-refractivity contribution in [3.05, 3.63) is 52.3 Å². The standard InChI is InChI=1S/C18H20FN3O5S/c1-27-16-12-13(19)6-7-14(16)20-8-10-21(11-9-20)15-4-3-5-17(28(2,25)26)18(15)22(23)24/h3-7,12H,8-11H2,1-2H3. The molecule has 0 aromatic heterocycles. The number of anilines is 2. The van der Waals surface area contributed by atoms with Gasteiger partial charge in [-0.25, -0.2) is 12.8 Å². The van der Waals surface area contributed by atoms with E-state index in [4.69, 9.17) is 4.74 Å². The second kappa shape index (κ2) is 7.63. The van der Waals surface area contributed by atoms with Gasteiger partial charge in [0.15, 0.2) is 9.84 Å². The molecular formula is C18H20FN3O5S. The number of nitrogens with zero attached hydrogens (tertiary/aromatic N) is 3. The number of benzene rings is 2. The zero-order valence-electron chi connectivity index (χ0n) is 15.5. The van der Waals surface area contributed by atoms with Crippen LogP contribution in [0.25, 0.3) is 0 Å². The van der Waals surface area contributed by atoms with E-state index in [2.05, 4.69) is 0 Å². The Morgan fingerprint density at radius 2 is 1.68 bits per heavy atom. The number of rotatable bonds is 5. The molecule has 10 heteroatoms. The van der Waals surface area contributed by atoms with Crippen LogP contribution in [0, 0.1) is 15.9 Å². The van der Waals surface area contributed by atoms with E-state index in [1.807, 2.05) is 4.90 Å². The number of hydrogen-bond donors (Lipinski definition) is 0. The Morgan fingerprint density at radius 3 is 2.21 bits per heavy atom. The smallest absolute Gasteiger partial charge is 0.311 e. The second-order valence-corrected chi connectivity index (χ2v) is 8.43. The zero-order chi connectivity index (χ0) is 20.5. The van der Waals surface area contributed by atoms with Crippen molar-refractivity contribution in [3.8, 4) is 5.75 Å². The molecule has 0 saturated carbocycles. The summed E-state index contributed by atoms with van der Waals surface area (Å²) in [5, 5.41) is 11.6. The van der Waals surface area contributed by atoms with Crippen LogP contribution in [0.1, 0.15) is 0 Å². The highest BCUT2D eigenvalue weighted by Crippen LogP contribution is 2.36. The number of halogens is 1. The van der Waals surface area contributed by atoms with Gasteiger partial charge in [0, 0.05) is 38.5 Å². The average Bonchev–Trinajstić information content (AvgIpc) is 2.66. The van der Waals surface area contributed by atoms with Crippen LogP contribution in [-0.4, -0.2) is 52.9 Å². The van der Waals surface area contributed by atoms with E-state index in [1.54, 1.807) is 17.0 Å². The predicted octanol–water partition coefficient (Wildman–Crippen LogP) is 2.47. The minimum absolute atomic E-state index is 0.277. The van der Waals surface area contributed by atoms with Crippen LogP contribution in [0.5, 0.6) is 5.75 Å². The molecular weight excluding hydrogens is 389 g/mol. The van der Waals surface area contributed by atoms with E-state index in [9.17, 15) is 22.9 Å². The Balaban J connectivity index is 1.87. The lowest BCUT2D eigenvalue weighted by Crippen LogP contribution is -2.46. The number of nitro groups is 1. The van der Waals surface area contributed by atoms with Crippen LogP contribution in [0.3, 0.4) is 0 Å². The number of ether oxygens (including phenoxy) is 1. The summed E-state index contributed by atoms with van der Waals surface area (Å²) in [7, 11) is -2.27. The van der Waals surface area contributed by atoms with E-state index >= 15 is 0 Å². The fraction of sp³-hybridized carbons (Fsp3) is 0.333. The largest absolute Gasteiger partial charge is 0.494 e. The third-order valence-corrected chi connectivity index (χ3v) is 5.79. The van der Waals surface area contributed by atoms with Crippen molar-refractivity contribution in [2.24, 2.45) is 0 Å². The van der Waals surface area contributed by atoms with Crippen molar-refractivity contribution in [3.63, 3.8) is 0 Å². The fourth-order valence-electron chi connectivity index (χ4n) is 3.35. The molecule has 0 N–H and O–H groups in total. The fourth-order valence-corrected chi connectivity index (χ4v) is 4.21. The number of nitro benzene ring substituents is 1. The van der Waals surface area contributed by atoms with Gasteiger partial charge >= 0.3 is 5.69 Å². The molecule has 0 spiro atoms. The van der Waals surface area contributed by atoms with Crippen molar-refractivity contribution >= 4 is 26.9 Å². The molecule has 2 aromatic rings. The van der Waals surface area contributed by atoms with Gasteiger partial charge in [0.1, 0.15) is 22.1 Å². The summed E-state index contributed by atoms with van der Waals surface area (Å²) in [6.45, 7) is 1.91. The first kappa shape index (κ1) is 19.9. The van der Waals surface area contributed by atoms with E-state index in [0.717, 1.165) is 11.9 Å². The van der Waals surface area contributed by atoms with E-state index in [1.165, 1.54) is 31.4 Å². The molecule has 1 saturated heterocycles. The Kier molecular flexibility index (Phi) is 5.41. The van der Waals surface area contributed by atoms with Crippen LogP contribution >= 0.6 is 0 Å². The lowest BCUT2D eigenvalue weighted by Gasteiger charge is -2.37. The molecule has 3 rings (SSSR count). The summed E-state index contributed by atoms with van der Waals surface area (Å²) >= 11 is 0. The van der Waals surface area contributed by atoms with Crippen LogP contribution in [0.4, 0.5) is 21.5 Å². The molecule has 1 aliphatic heterocycles. The molecule has 150 valence electrons. The molecule has 0 atom stereocenters. The summed E-state index contributed by atoms with van der Waals surface area (Å²) in [5.74, 6) is 0.0194. The average molecular weight is 409 g/mol. The van der Waals surface area contributed by atoms with Gasteiger partial charge in [0.25, 0.3) is 0 Å². The number of hydrogen-bond acceptors (Lipinski definition) is 7. The van der Waals surface area contributed by atoms with Gasteiger partial charge < -0.3 is 14.5 Å². The van der Waals surface area contributed by atoms with Gasteiger partial charge in [0.05, 0.1) is 17.7 Å². The van der Waals surface area contributed by atoms with Crippen molar-refractivity contribution in [2.75, 3.05) is 49.3 Å². The van der Waals surface area contributed by atoms with Crippen LogP contribution < -0.4 is 14.5 Å². The Bertz CT molecular complexity index is 1000. The van der Waals surface area contributed by atoms with Crippen molar-refractivity contribution in [2.45, 2.75) is 4.90 Å². The SMILES string of the molecule is COc1cc(F)ccc1N1CCN(c2cccc(S(C)(=O)=O)c2[N+](=O)[O-])CC1. The van der Waals surface area contributed by atoms with Crippen molar-refractivity contribution < 1.29 is 22.5 Å². The minimum Gasteiger partial charge on any atom is -0.494 e. The third kappa shape index (κ3) is 3.86. The topological polar surface area (TPSA) is 93.0 Å². The molecule has 0 radical (unpaired) electrons. The van der Waals surface area contributed by atoms with Crippen LogP contribution in [0.2, 0.25) is 0 Å². The third-order valence-electron chi connectivity index (χ3n) is 4.66. The maximum atomic E-state index is 13.4. The number of para-hydroxylation sites is 1. The second-order valence-electron chi connectivity index (χ2n) is 6.44. The Hall–Kier alpha value is -2.88. The highest BCUT2D eigenvalue weighted by Gasteiger charge is 2.30. The highest BCUT2D eigenvalue weighted by atomic mass is 32.2. The van der Waals surface area contributed by atoms with Gasteiger partial charge in [-0.05, 0) is 24.3 Å². The monoisotopic (exact) mass is 409 g/mol. The summed E-state index contributed by atoms with van der Waals surface area (Å²) in [4.78, 5) is 14.4. The summed E-state index contributed by atoms with van der Waals surface area (Å²) in [6, 6.07) is 8.61. The van der Waals surface area contributed by atoms with Gasteiger partial charge in [0.2, 0.25) is 0 Å². The molecule has 0 unspecified atom stereocenters. The Labute approximate surface area is 162 Å². The number of sulfone groups is 1. The summed E-state index contributed by atoms with van der Waals surface area (Å²) in [6.07, 6.45) is 0.956. The molecule has 0 bridgehead atoms. The van der Waals surface area contributed by atoms with Gasteiger partial charge in [-0.15, -0.1) is 0 Å². The van der Waals surface area contributed by atoms with E-state index in [0.29, 0.717) is 31.9 Å². The Morgan fingerprint density at radius 1 is 1.07 bits per heavy atom. The molecule has 0 amide bonds. The van der Waals surface area contributed by atoms with E-state index in [-0.39, 0.29) is 10.6 Å². The highest BCUT2D eigenvalue weighted by molar-refractivity contribution is 7.90. The molecule has 1 fully saturated rings. The predicted molar refractivity (Wildman–Crippen MR) is 104 cm³/mol. The zero-order valence-corrected chi connectivity index (χ0v) is 16.3. The van der Waals surface area contributed by atoms with Crippen molar-refractivity contribution in [1.29, 1.82) is 0 Å². The van der Waals surface area contributed by atoms with Gasteiger partial charge in [-0.1, -0.05) is 6.07 Å². The summed E-state index contributed by atoms with van der Waals surface area (Å²) < 4.78 is 42.6. The number of piperazine rings is 1. The van der Waals surface area contributed by atoms with E-state index < -0.39 is 26.3 Å². The molecule has 2 aromatic carbocycles. The summed E-state index contributed by atoms with van der Waals surface area (Å²) in [5.41, 5.74) is 0.611. The first-order valence-electron chi connectivity index (χ1n) is 8.53. The molecule has 28 heavy (non-hydrogen) atoms. The first-order chi connectivity index (χ1) is 13.2. The van der Waals surface area contributed by atoms with Gasteiger partial charge in [-0.2, -0.15) is 0 Å². The lowest BCUT2D eigenvalue weighted by molar-refractivity contribution is -0.387. The number of methoxy groups -OCH3 is 1. The molecule has 1 heterocycles. The van der Waals surface area contributed by atoms with Crippen molar-refractivity contribution in [1.82, 2.24) is 0 Å². The lowest BCUT2D eigenvalue weighted by atomic mass is 10.2. The first-order valence-corrected chi connectivity index (χ1v) is 10.4. The molecule has 0 aliphatic carbocycles.